The minimum atomic E-state index is -0.445. The van der Waals surface area contributed by atoms with E-state index < -0.39 is 6.61 Å². The zero-order chi connectivity index (χ0) is 12.5. The first-order valence-electron chi connectivity index (χ1n) is 5.74. The van der Waals surface area contributed by atoms with E-state index in [1.807, 2.05) is 6.92 Å². The van der Waals surface area contributed by atoms with Gasteiger partial charge in [-0.3, -0.25) is 4.79 Å². The third-order valence-electron chi connectivity index (χ3n) is 3.23. The lowest BCUT2D eigenvalue weighted by atomic mass is 9.81. The van der Waals surface area contributed by atoms with Crippen LogP contribution in [0, 0.1) is 6.92 Å². The largest absolute Gasteiger partial charge is 0.387 e. The Morgan fingerprint density at radius 2 is 2.41 bits per heavy atom. The fourth-order valence-corrected chi connectivity index (χ4v) is 2.27. The van der Waals surface area contributed by atoms with Gasteiger partial charge < -0.3 is 14.5 Å². The van der Waals surface area contributed by atoms with Crippen LogP contribution in [0.4, 0.5) is 0 Å². The maximum atomic E-state index is 11.5. The summed E-state index contributed by atoms with van der Waals surface area (Å²) in [6.45, 7) is 4.54. The summed E-state index contributed by atoms with van der Waals surface area (Å²) in [5.41, 5.74) is -0.301. The number of aliphatic hydroxyl groups excluding tert-OH is 1. The van der Waals surface area contributed by atoms with Crippen molar-refractivity contribution < 1.29 is 14.4 Å². The molecule has 1 amide bonds. The summed E-state index contributed by atoms with van der Waals surface area (Å²) in [4.78, 5) is 17.4. The van der Waals surface area contributed by atoms with Gasteiger partial charge in [0, 0.05) is 13.1 Å². The van der Waals surface area contributed by atoms with Crippen molar-refractivity contribution in [2.24, 2.45) is 0 Å². The number of piperidine rings is 1. The lowest BCUT2D eigenvalue weighted by Gasteiger charge is -2.37. The molecule has 1 aliphatic rings. The normalized spacial score (nSPS) is 25.0. The maximum Gasteiger partial charge on any atom is 0.248 e. The summed E-state index contributed by atoms with van der Waals surface area (Å²) < 4.78 is 5.21. The molecular weight excluding hydrogens is 222 g/mol. The van der Waals surface area contributed by atoms with Crippen molar-refractivity contribution in [1.82, 2.24) is 15.0 Å². The number of likely N-dealkylation sites (tertiary alicyclic amines) is 1. The van der Waals surface area contributed by atoms with Gasteiger partial charge in [0.15, 0.2) is 5.82 Å². The van der Waals surface area contributed by atoms with Crippen molar-refractivity contribution in [3.63, 3.8) is 0 Å². The summed E-state index contributed by atoms with van der Waals surface area (Å²) in [6, 6.07) is 0. The standard InChI is InChI=1S/C11H17N3O3/c1-8-12-10(17-13-8)11(2)4-3-5-14(7-11)9(16)6-15/h15H,3-7H2,1-2H3. The molecule has 1 fully saturated rings. The molecule has 0 radical (unpaired) electrons. The molecule has 1 aromatic rings. The van der Waals surface area contributed by atoms with Gasteiger partial charge in [0.2, 0.25) is 11.8 Å². The zero-order valence-corrected chi connectivity index (χ0v) is 10.1. The van der Waals surface area contributed by atoms with E-state index in [-0.39, 0.29) is 11.3 Å². The van der Waals surface area contributed by atoms with Crippen molar-refractivity contribution in [3.8, 4) is 0 Å². The second-order valence-corrected chi connectivity index (χ2v) is 4.78. The second kappa shape index (κ2) is 4.44. The molecular formula is C11H17N3O3. The smallest absolute Gasteiger partial charge is 0.248 e. The van der Waals surface area contributed by atoms with Crippen LogP contribution in [0.2, 0.25) is 0 Å². The van der Waals surface area contributed by atoms with Gasteiger partial charge in [0.05, 0.1) is 5.41 Å². The number of aliphatic hydroxyl groups is 1. The monoisotopic (exact) mass is 239 g/mol. The van der Waals surface area contributed by atoms with Crippen molar-refractivity contribution in [2.75, 3.05) is 19.7 Å². The third kappa shape index (κ3) is 2.31. The number of hydrogen-bond donors (Lipinski definition) is 1. The molecule has 0 aliphatic carbocycles. The maximum absolute atomic E-state index is 11.5. The van der Waals surface area contributed by atoms with Crippen LogP contribution in [0.1, 0.15) is 31.5 Å². The van der Waals surface area contributed by atoms with Crippen molar-refractivity contribution in [1.29, 1.82) is 0 Å². The highest BCUT2D eigenvalue weighted by molar-refractivity contribution is 5.77. The molecule has 2 heterocycles. The number of rotatable bonds is 2. The SMILES string of the molecule is Cc1noc(C2(C)CCCN(C(=O)CO)C2)n1. The molecule has 0 saturated carbocycles. The van der Waals surface area contributed by atoms with E-state index in [9.17, 15) is 4.79 Å². The molecule has 0 aromatic carbocycles. The average molecular weight is 239 g/mol. The fraction of sp³-hybridized carbons (Fsp3) is 0.727. The summed E-state index contributed by atoms with van der Waals surface area (Å²) in [6.07, 6.45) is 1.79. The molecule has 2 rings (SSSR count). The van der Waals surface area contributed by atoms with Gasteiger partial charge in [-0.05, 0) is 26.7 Å². The van der Waals surface area contributed by atoms with Crippen LogP contribution in [0.5, 0.6) is 0 Å². The van der Waals surface area contributed by atoms with Crippen LogP contribution in [-0.4, -0.2) is 45.8 Å². The minimum absolute atomic E-state index is 0.243. The van der Waals surface area contributed by atoms with Gasteiger partial charge in [0.1, 0.15) is 6.61 Å². The molecule has 1 unspecified atom stereocenters. The third-order valence-corrected chi connectivity index (χ3v) is 3.23. The Morgan fingerprint density at radius 1 is 1.65 bits per heavy atom. The Labute approximate surface area is 99.6 Å². The van der Waals surface area contributed by atoms with Gasteiger partial charge in [-0.1, -0.05) is 5.16 Å². The van der Waals surface area contributed by atoms with E-state index >= 15 is 0 Å². The first-order valence-corrected chi connectivity index (χ1v) is 5.74. The molecule has 1 N–H and O–H groups in total. The van der Waals surface area contributed by atoms with Crippen LogP contribution in [0.15, 0.2) is 4.52 Å². The van der Waals surface area contributed by atoms with Crippen LogP contribution >= 0.6 is 0 Å². The number of aromatic nitrogens is 2. The lowest BCUT2D eigenvalue weighted by molar-refractivity contribution is -0.136. The highest BCUT2D eigenvalue weighted by Crippen LogP contribution is 2.32. The highest BCUT2D eigenvalue weighted by Gasteiger charge is 2.38. The molecule has 1 aliphatic heterocycles. The summed E-state index contributed by atoms with van der Waals surface area (Å²) in [5, 5.41) is 12.7. The van der Waals surface area contributed by atoms with Gasteiger partial charge in [0.25, 0.3) is 0 Å². The number of amides is 1. The molecule has 1 saturated heterocycles. The predicted molar refractivity (Wildman–Crippen MR) is 59.3 cm³/mol. The van der Waals surface area contributed by atoms with Crippen LogP contribution in [-0.2, 0) is 10.2 Å². The Kier molecular flexibility index (Phi) is 3.15. The van der Waals surface area contributed by atoms with E-state index in [1.54, 1.807) is 11.8 Å². The van der Waals surface area contributed by atoms with Crippen LogP contribution in [0.25, 0.3) is 0 Å². The predicted octanol–water partition coefficient (Wildman–Crippen LogP) is 0.250. The molecule has 1 aromatic heterocycles. The molecule has 94 valence electrons. The van der Waals surface area contributed by atoms with Crippen molar-refractivity contribution >= 4 is 5.91 Å². The Bertz CT molecular complexity index is 418. The number of carbonyl (C=O) groups is 1. The van der Waals surface area contributed by atoms with Gasteiger partial charge in [-0.25, -0.2) is 0 Å². The molecule has 0 bridgehead atoms. The Hall–Kier alpha value is -1.43. The zero-order valence-electron chi connectivity index (χ0n) is 10.1. The van der Waals surface area contributed by atoms with E-state index in [0.717, 1.165) is 12.8 Å². The van der Waals surface area contributed by atoms with Gasteiger partial charge in [-0.2, -0.15) is 4.98 Å². The van der Waals surface area contributed by atoms with Crippen LogP contribution < -0.4 is 0 Å². The number of aryl methyl sites for hydroxylation is 1. The second-order valence-electron chi connectivity index (χ2n) is 4.78. The molecule has 17 heavy (non-hydrogen) atoms. The highest BCUT2D eigenvalue weighted by atomic mass is 16.5. The lowest BCUT2D eigenvalue weighted by Crippen LogP contribution is -2.48. The van der Waals surface area contributed by atoms with Gasteiger partial charge in [-0.15, -0.1) is 0 Å². The van der Waals surface area contributed by atoms with E-state index in [4.69, 9.17) is 9.63 Å². The van der Waals surface area contributed by atoms with Crippen molar-refractivity contribution in [2.45, 2.75) is 32.1 Å². The first kappa shape index (κ1) is 12.0. The number of nitrogens with zero attached hydrogens (tertiary/aromatic N) is 3. The number of hydrogen-bond acceptors (Lipinski definition) is 5. The van der Waals surface area contributed by atoms with E-state index in [2.05, 4.69) is 10.1 Å². The van der Waals surface area contributed by atoms with Crippen molar-refractivity contribution in [3.05, 3.63) is 11.7 Å². The molecule has 6 nitrogen and oxygen atoms in total. The van der Waals surface area contributed by atoms with E-state index in [0.29, 0.717) is 24.8 Å². The minimum Gasteiger partial charge on any atom is -0.387 e. The quantitative estimate of drug-likeness (QED) is 0.800. The van der Waals surface area contributed by atoms with E-state index in [1.165, 1.54) is 0 Å². The summed E-state index contributed by atoms with van der Waals surface area (Å²) >= 11 is 0. The summed E-state index contributed by atoms with van der Waals surface area (Å²) in [5.74, 6) is 0.935. The fourth-order valence-electron chi connectivity index (χ4n) is 2.27. The summed E-state index contributed by atoms with van der Waals surface area (Å²) in [7, 11) is 0. The molecule has 0 spiro atoms. The number of carbonyl (C=O) groups excluding carboxylic acids is 1. The average Bonchev–Trinajstić information content (AvgIpc) is 2.76. The molecule has 1 atom stereocenters. The molecule has 6 heteroatoms. The topological polar surface area (TPSA) is 79.5 Å². The Morgan fingerprint density at radius 3 is 3.00 bits per heavy atom. The van der Waals surface area contributed by atoms with Gasteiger partial charge >= 0.3 is 0 Å². The first-order chi connectivity index (χ1) is 8.05. The Balaban J connectivity index is 2.17. The van der Waals surface area contributed by atoms with Crippen LogP contribution in [0.3, 0.4) is 0 Å².